The zero-order valence-corrected chi connectivity index (χ0v) is 19.0. The van der Waals surface area contributed by atoms with Crippen LogP contribution in [0.2, 0.25) is 0 Å². The number of anilines is 1. The Labute approximate surface area is 194 Å². The molecule has 2 aromatic heterocycles. The van der Waals surface area contributed by atoms with Crippen molar-refractivity contribution >= 4 is 28.2 Å². The smallest absolute Gasteiger partial charge is 0.291 e. The zero-order chi connectivity index (χ0) is 22.8. The van der Waals surface area contributed by atoms with Crippen molar-refractivity contribution in [2.75, 3.05) is 31.9 Å². The molecule has 1 aromatic carbocycles. The molecule has 0 radical (unpaired) electrons. The molecular formula is C24H24N2O6S. The van der Waals surface area contributed by atoms with E-state index in [1.54, 1.807) is 18.2 Å². The lowest BCUT2D eigenvalue weighted by molar-refractivity contribution is 0.0487. The molecule has 5 rings (SSSR count). The molecule has 172 valence electrons. The molecule has 0 atom stereocenters. The first-order valence-corrected chi connectivity index (χ1v) is 11.6. The van der Waals surface area contributed by atoms with Crippen LogP contribution in [0, 0.1) is 6.92 Å². The number of furan rings is 1. The highest BCUT2D eigenvalue weighted by Gasteiger charge is 2.36. The van der Waals surface area contributed by atoms with E-state index in [-0.39, 0.29) is 29.8 Å². The summed E-state index contributed by atoms with van der Waals surface area (Å²) in [5.74, 6) is 1.18. The van der Waals surface area contributed by atoms with Crippen LogP contribution < -0.4 is 20.1 Å². The van der Waals surface area contributed by atoms with Crippen molar-refractivity contribution in [3.05, 3.63) is 64.4 Å². The third-order valence-corrected chi connectivity index (χ3v) is 7.28. The summed E-state index contributed by atoms with van der Waals surface area (Å²) >= 11 is 1.24. The van der Waals surface area contributed by atoms with E-state index >= 15 is 0 Å². The highest BCUT2D eigenvalue weighted by atomic mass is 32.1. The van der Waals surface area contributed by atoms with Crippen molar-refractivity contribution in [2.45, 2.75) is 25.2 Å². The van der Waals surface area contributed by atoms with Crippen LogP contribution in [0.4, 0.5) is 5.00 Å². The summed E-state index contributed by atoms with van der Waals surface area (Å²) in [7, 11) is 0. The number of fused-ring (bicyclic) bond motifs is 1. The molecule has 0 unspecified atom stereocenters. The highest BCUT2D eigenvalue weighted by Crippen LogP contribution is 2.40. The Hall–Kier alpha value is -3.30. The monoisotopic (exact) mass is 468 g/mol. The summed E-state index contributed by atoms with van der Waals surface area (Å²) in [5, 5.41) is 6.50. The van der Waals surface area contributed by atoms with Crippen molar-refractivity contribution < 1.29 is 28.2 Å². The summed E-state index contributed by atoms with van der Waals surface area (Å²) in [5.41, 5.74) is 1.65. The fourth-order valence-corrected chi connectivity index (χ4v) is 5.22. The number of carbonyl (C=O) groups is 2. The molecule has 9 heteroatoms. The van der Waals surface area contributed by atoms with E-state index in [2.05, 4.69) is 10.6 Å². The van der Waals surface area contributed by atoms with Gasteiger partial charge in [0.15, 0.2) is 17.3 Å². The number of hydrogen-bond donors (Lipinski definition) is 2. The Balaban J connectivity index is 1.30. The first-order valence-electron chi connectivity index (χ1n) is 10.8. The maximum atomic E-state index is 13.1. The van der Waals surface area contributed by atoms with E-state index in [1.807, 2.05) is 25.1 Å². The van der Waals surface area contributed by atoms with Gasteiger partial charge in [0, 0.05) is 25.2 Å². The fraction of sp³-hybridized carbons (Fsp3) is 0.333. The number of hydrogen-bond acceptors (Lipinski definition) is 7. The van der Waals surface area contributed by atoms with Crippen molar-refractivity contribution in [3.63, 3.8) is 0 Å². The minimum absolute atomic E-state index is 0.164. The minimum Gasteiger partial charge on any atom is -0.459 e. The molecule has 2 aliphatic heterocycles. The van der Waals surface area contributed by atoms with Crippen LogP contribution >= 0.6 is 11.3 Å². The number of aryl methyl sites for hydroxylation is 1. The number of benzene rings is 1. The van der Waals surface area contributed by atoms with E-state index in [0.29, 0.717) is 29.6 Å². The van der Waals surface area contributed by atoms with Crippen LogP contribution in [0.3, 0.4) is 0 Å². The molecule has 0 aliphatic carbocycles. The van der Waals surface area contributed by atoms with Gasteiger partial charge in [0.2, 0.25) is 6.79 Å². The van der Waals surface area contributed by atoms with Crippen molar-refractivity contribution in [3.8, 4) is 11.5 Å². The molecule has 0 saturated carbocycles. The van der Waals surface area contributed by atoms with Gasteiger partial charge in [-0.25, -0.2) is 0 Å². The number of ether oxygens (including phenoxy) is 3. The van der Waals surface area contributed by atoms with Crippen LogP contribution in [0.15, 0.2) is 47.1 Å². The second kappa shape index (κ2) is 8.92. The average molecular weight is 469 g/mol. The van der Waals surface area contributed by atoms with Crippen LogP contribution in [-0.2, 0) is 10.2 Å². The van der Waals surface area contributed by atoms with E-state index < -0.39 is 0 Å². The Morgan fingerprint density at radius 3 is 2.67 bits per heavy atom. The van der Waals surface area contributed by atoms with Crippen molar-refractivity contribution in [1.29, 1.82) is 0 Å². The second-order valence-electron chi connectivity index (χ2n) is 8.20. The van der Waals surface area contributed by atoms with Crippen molar-refractivity contribution in [1.82, 2.24) is 5.32 Å². The van der Waals surface area contributed by atoms with Gasteiger partial charge in [0.05, 0.1) is 16.1 Å². The van der Waals surface area contributed by atoms with E-state index in [4.69, 9.17) is 18.6 Å². The largest absolute Gasteiger partial charge is 0.459 e. The molecule has 2 aliphatic rings. The lowest BCUT2D eigenvalue weighted by Crippen LogP contribution is -2.44. The van der Waals surface area contributed by atoms with Gasteiger partial charge in [-0.05, 0) is 61.2 Å². The standard InChI is InChI=1S/C24H24N2O6S/c1-15-11-20(26-22(27)18-3-2-8-30-18)33-21(15)23(28)25-13-24(6-9-29-10-7-24)16-4-5-17-19(12-16)32-14-31-17/h2-5,8,11-12H,6-7,9-10,13-14H2,1H3,(H,25,28)(H,26,27). The third kappa shape index (κ3) is 4.34. The molecule has 1 fully saturated rings. The van der Waals surface area contributed by atoms with Gasteiger partial charge in [-0.3, -0.25) is 9.59 Å². The predicted octanol–water partition coefficient (Wildman–Crippen LogP) is 4.11. The van der Waals surface area contributed by atoms with Gasteiger partial charge in [0.1, 0.15) is 0 Å². The van der Waals surface area contributed by atoms with Gasteiger partial charge in [-0.15, -0.1) is 11.3 Å². The summed E-state index contributed by atoms with van der Waals surface area (Å²) < 4.78 is 21.7. The molecule has 1 saturated heterocycles. The Bertz CT molecular complexity index is 1160. The van der Waals surface area contributed by atoms with E-state index in [1.165, 1.54) is 17.6 Å². The number of rotatable bonds is 6. The van der Waals surface area contributed by atoms with Crippen LogP contribution in [0.5, 0.6) is 11.5 Å². The first-order chi connectivity index (χ1) is 16.0. The fourth-order valence-electron chi connectivity index (χ4n) is 4.24. The molecule has 8 nitrogen and oxygen atoms in total. The molecule has 4 heterocycles. The molecule has 0 bridgehead atoms. The molecule has 2 N–H and O–H groups in total. The van der Waals surface area contributed by atoms with E-state index in [0.717, 1.165) is 35.5 Å². The van der Waals surface area contributed by atoms with Crippen molar-refractivity contribution in [2.24, 2.45) is 0 Å². The summed E-state index contributed by atoms with van der Waals surface area (Å²) in [4.78, 5) is 25.9. The lowest BCUT2D eigenvalue weighted by Gasteiger charge is -2.38. The SMILES string of the molecule is Cc1cc(NC(=O)c2ccco2)sc1C(=O)NCC1(c2ccc3c(c2)OCO3)CCOCC1. The van der Waals surface area contributed by atoms with Gasteiger partial charge in [-0.1, -0.05) is 6.07 Å². The minimum atomic E-state index is -0.350. The Morgan fingerprint density at radius 2 is 1.88 bits per heavy atom. The maximum Gasteiger partial charge on any atom is 0.291 e. The molecule has 33 heavy (non-hydrogen) atoms. The number of nitrogens with one attached hydrogen (secondary N) is 2. The lowest BCUT2D eigenvalue weighted by atomic mass is 9.74. The summed E-state index contributed by atoms with van der Waals surface area (Å²) in [6.45, 7) is 3.81. The summed E-state index contributed by atoms with van der Waals surface area (Å²) in [6, 6.07) is 11.0. The molecule has 3 aromatic rings. The number of amides is 2. The summed E-state index contributed by atoms with van der Waals surface area (Å²) in [6.07, 6.45) is 3.03. The average Bonchev–Trinajstić information content (AvgIpc) is 3.58. The number of thiophene rings is 1. The van der Waals surface area contributed by atoms with Crippen LogP contribution in [0.1, 0.15) is 44.2 Å². The molecule has 0 spiro atoms. The quantitative estimate of drug-likeness (QED) is 0.565. The topological polar surface area (TPSA) is 99.0 Å². The van der Waals surface area contributed by atoms with E-state index in [9.17, 15) is 9.59 Å². The third-order valence-electron chi connectivity index (χ3n) is 6.13. The second-order valence-corrected chi connectivity index (χ2v) is 9.25. The van der Waals surface area contributed by atoms with Gasteiger partial charge >= 0.3 is 0 Å². The van der Waals surface area contributed by atoms with Gasteiger partial charge < -0.3 is 29.3 Å². The van der Waals surface area contributed by atoms with Gasteiger partial charge in [-0.2, -0.15) is 0 Å². The maximum absolute atomic E-state index is 13.1. The normalized spacial score (nSPS) is 16.4. The Kier molecular flexibility index (Phi) is 5.82. The molecule has 2 amide bonds. The Morgan fingerprint density at radius 1 is 1.06 bits per heavy atom. The van der Waals surface area contributed by atoms with Crippen LogP contribution in [-0.4, -0.2) is 38.4 Å². The predicted molar refractivity (Wildman–Crippen MR) is 122 cm³/mol. The van der Waals surface area contributed by atoms with Gasteiger partial charge in [0.25, 0.3) is 11.8 Å². The number of carbonyl (C=O) groups excluding carboxylic acids is 2. The first kappa shape index (κ1) is 21.5. The zero-order valence-electron chi connectivity index (χ0n) is 18.1. The van der Waals surface area contributed by atoms with Crippen LogP contribution in [0.25, 0.3) is 0 Å². The highest BCUT2D eigenvalue weighted by molar-refractivity contribution is 7.18. The molecular weight excluding hydrogens is 444 g/mol.